The minimum absolute atomic E-state index is 0.0644. The van der Waals surface area contributed by atoms with Gasteiger partial charge in [-0.2, -0.15) is 0 Å². The highest BCUT2D eigenvalue weighted by molar-refractivity contribution is 5.76. The molecule has 0 amide bonds. The minimum atomic E-state index is -0.137. The number of hydrazine groups is 1. The summed E-state index contributed by atoms with van der Waals surface area (Å²) in [5.41, 5.74) is 0. The minimum Gasteiger partial charge on any atom is -0.464 e. The van der Waals surface area contributed by atoms with Gasteiger partial charge in [0.05, 0.1) is 6.61 Å². The maximum absolute atomic E-state index is 12.6. The van der Waals surface area contributed by atoms with Crippen molar-refractivity contribution in [2.24, 2.45) is 5.84 Å². The van der Waals surface area contributed by atoms with Crippen molar-refractivity contribution >= 4 is 5.97 Å². The van der Waals surface area contributed by atoms with Crippen LogP contribution in [0.1, 0.15) is 19.3 Å². The second-order valence-electron chi connectivity index (χ2n) is 7.11. The maximum atomic E-state index is 12.6. The van der Waals surface area contributed by atoms with Gasteiger partial charge in [0.15, 0.2) is 0 Å². The van der Waals surface area contributed by atoms with Crippen molar-refractivity contribution in [2.75, 3.05) is 67.0 Å². The summed E-state index contributed by atoms with van der Waals surface area (Å²) in [6.07, 6.45) is 2.95. The van der Waals surface area contributed by atoms with E-state index < -0.39 is 0 Å². The Morgan fingerprint density at radius 1 is 1.22 bits per heavy atom. The lowest BCUT2D eigenvalue weighted by Crippen LogP contribution is -2.61. The van der Waals surface area contributed by atoms with Gasteiger partial charge in [-0.15, -0.1) is 0 Å². The van der Waals surface area contributed by atoms with Crippen LogP contribution in [-0.2, 0) is 9.53 Å². The molecule has 1 unspecified atom stereocenters. The molecule has 2 rings (SSSR count). The molecular weight excluding hydrogens is 294 g/mol. The van der Waals surface area contributed by atoms with Gasteiger partial charge in [0.1, 0.15) is 6.04 Å². The Morgan fingerprint density at radius 3 is 2.57 bits per heavy atom. The number of ether oxygens (including phenoxy) is 1. The molecule has 0 radical (unpaired) electrons. The zero-order valence-electron chi connectivity index (χ0n) is 14.9. The highest BCUT2D eigenvalue weighted by Crippen LogP contribution is 2.21. The van der Waals surface area contributed by atoms with Crippen LogP contribution in [0, 0.1) is 0 Å². The molecule has 0 aromatic heterocycles. The fraction of sp³-hybridized carbons (Fsp3) is 0.938. The molecule has 23 heavy (non-hydrogen) atoms. The topological polar surface area (TPSA) is 65.3 Å². The van der Waals surface area contributed by atoms with E-state index in [0.717, 1.165) is 58.5 Å². The fourth-order valence-corrected chi connectivity index (χ4v) is 3.45. The van der Waals surface area contributed by atoms with Crippen molar-refractivity contribution < 1.29 is 9.53 Å². The van der Waals surface area contributed by atoms with Crippen molar-refractivity contribution in [1.29, 1.82) is 0 Å². The Hall–Kier alpha value is -0.730. The van der Waals surface area contributed by atoms with Crippen LogP contribution in [-0.4, -0.2) is 105 Å². The monoisotopic (exact) mass is 327 g/mol. The Kier molecular flexibility index (Phi) is 7.23. The predicted octanol–water partition coefficient (Wildman–Crippen LogP) is -0.565. The van der Waals surface area contributed by atoms with Crippen LogP contribution in [0.2, 0.25) is 0 Å². The number of carbonyl (C=O) groups excluding carboxylic acids is 1. The van der Waals surface area contributed by atoms with Crippen molar-refractivity contribution in [3.63, 3.8) is 0 Å². The molecule has 2 saturated heterocycles. The summed E-state index contributed by atoms with van der Waals surface area (Å²) < 4.78 is 5.55. The molecule has 2 fully saturated rings. The molecule has 134 valence electrons. The lowest BCUT2D eigenvalue weighted by Gasteiger charge is -2.45. The van der Waals surface area contributed by atoms with Crippen molar-refractivity contribution in [3.8, 4) is 0 Å². The highest BCUT2D eigenvalue weighted by atomic mass is 16.5. The van der Waals surface area contributed by atoms with Gasteiger partial charge in [0, 0.05) is 45.3 Å². The van der Waals surface area contributed by atoms with E-state index >= 15 is 0 Å². The fourth-order valence-electron chi connectivity index (χ4n) is 3.45. The summed E-state index contributed by atoms with van der Waals surface area (Å²) in [6.45, 7) is 5.96. The van der Waals surface area contributed by atoms with Crippen LogP contribution in [0.3, 0.4) is 0 Å². The van der Waals surface area contributed by atoms with E-state index in [1.807, 2.05) is 19.1 Å². The van der Waals surface area contributed by atoms with Crippen molar-refractivity contribution in [2.45, 2.75) is 31.3 Å². The van der Waals surface area contributed by atoms with E-state index in [4.69, 9.17) is 10.6 Å². The molecule has 0 saturated carbocycles. The Morgan fingerprint density at radius 2 is 1.91 bits per heavy atom. The molecule has 0 aliphatic carbocycles. The standard InChI is InChI=1S/C16H33N5O2/c1-18(2)7-4-12-23-16(22)15-13-19(3)10-11-21(15)14-5-8-20(17)9-6-14/h14-15H,4-13,17H2,1-3H3. The van der Waals surface area contributed by atoms with E-state index in [-0.39, 0.29) is 12.0 Å². The van der Waals surface area contributed by atoms with Gasteiger partial charge in [-0.1, -0.05) is 0 Å². The third kappa shape index (κ3) is 5.69. The predicted molar refractivity (Wildman–Crippen MR) is 90.9 cm³/mol. The molecule has 7 nitrogen and oxygen atoms in total. The average Bonchev–Trinajstić information content (AvgIpc) is 2.52. The first-order valence-corrected chi connectivity index (χ1v) is 8.72. The van der Waals surface area contributed by atoms with E-state index in [2.05, 4.69) is 21.7 Å². The number of hydrogen-bond donors (Lipinski definition) is 1. The summed E-state index contributed by atoms with van der Waals surface area (Å²) in [7, 11) is 6.14. The first-order valence-electron chi connectivity index (χ1n) is 8.72. The molecule has 0 spiro atoms. The molecule has 1 atom stereocenters. The van der Waals surface area contributed by atoms with Crippen LogP contribution in [0.15, 0.2) is 0 Å². The van der Waals surface area contributed by atoms with Gasteiger partial charge in [0.25, 0.3) is 0 Å². The van der Waals surface area contributed by atoms with Gasteiger partial charge in [-0.3, -0.25) is 15.5 Å². The van der Waals surface area contributed by atoms with Gasteiger partial charge >= 0.3 is 5.97 Å². The van der Waals surface area contributed by atoms with Crippen LogP contribution in [0.25, 0.3) is 0 Å². The molecule has 2 aliphatic rings. The summed E-state index contributed by atoms with van der Waals surface area (Å²) >= 11 is 0. The van der Waals surface area contributed by atoms with Gasteiger partial charge < -0.3 is 14.5 Å². The smallest absolute Gasteiger partial charge is 0.324 e. The van der Waals surface area contributed by atoms with Crippen LogP contribution < -0.4 is 5.84 Å². The Labute approximate surface area is 140 Å². The van der Waals surface area contributed by atoms with Crippen LogP contribution in [0.4, 0.5) is 0 Å². The summed E-state index contributed by atoms with van der Waals surface area (Å²) in [4.78, 5) is 19.3. The third-order valence-corrected chi connectivity index (χ3v) is 4.86. The number of rotatable bonds is 6. The quantitative estimate of drug-likeness (QED) is 0.398. The van der Waals surface area contributed by atoms with E-state index in [9.17, 15) is 4.79 Å². The molecule has 2 aliphatic heterocycles. The average molecular weight is 327 g/mol. The lowest BCUT2D eigenvalue weighted by molar-refractivity contribution is -0.154. The van der Waals surface area contributed by atoms with E-state index in [1.54, 1.807) is 0 Å². The number of piperazine rings is 1. The van der Waals surface area contributed by atoms with Gasteiger partial charge in [0.2, 0.25) is 0 Å². The number of likely N-dealkylation sites (N-methyl/N-ethyl adjacent to an activating group) is 1. The van der Waals surface area contributed by atoms with E-state index in [1.165, 1.54) is 0 Å². The van der Waals surface area contributed by atoms with Crippen molar-refractivity contribution in [3.05, 3.63) is 0 Å². The first-order chi connectivity index (χ1) is 11.0. The Balaban J connectivity index is 1.87. The number of nitrogens with zero attached hydrogens (tertiary/aromatic N) is 4. The second-order valence-corrected chi connectivity index (χ2v) is 7.11. The number of piperidine rings is 1. The second kappa shape index (κ2) is 8.94. The number of esters is 1. The molecule has 0 aromatic carbocycles. The van der Waals surface area contributed by atoms with E-state index in [0.29, 0.717) is 12.6 Å². The van der Waals surface area contributed by atoms with Crippen LogP contribution in [0.5, 0.6) is 0 Å². The zero-order valence-corrected chi connectivity index (χ0v) is 14.9. The molecule has 0 bridgehead atoms. The largest absolute Gasteiger partial charge is 0.464 e. The van der Waals surface area contributed by atoms with Gasteiger partial charge in [-0.05, 0) is 40.4 Å². The summed E-state index contributed by atoms with van der Waals surface area (Å²) in [5.74, 6) is 5.80. The lowest BCUT2D eigenvalue weighted by atomic mass is 10.00. The molecule has 0 aromatic rings. The maximum Gasteiger partial charge on any atom is 0.324 e. The third-order valence-electron chi connectivity index (χ3n) is 4.86. The summed E-state index contributed by atoms with van der Waals surface area (Å²) in [6, 6.07) is 0.310. The van der Waals surface area contributed by atoms with Crippen LogP contribution >= 0.6 is 0 Å². The zero-order chi connectivity index (χ0) is 16.8. The number of hydrogen-bond acceptors (Lipinski definition) is 7. The number of carbonyl (C=O) groups is 1. The SMILES string of the molecule is CN(C)CCCOC(=O)C1CN(C)CCN1C1CCN(N)CC1. The van der Waals surface area contributed by atoms with Crippen molar-refractivity contribution in [1.82, 2.24) is 19.7 Å². The highest BCUT2D eigenvalue weighted by Gasteiger charge is 2.37. The first kappa shape index (κ1) is 18.6. The molecule has 7 heteroatoms. The number of nitrogens with two attached hydrogens (primary N) is 1. The summed E-state index contributed by atoms with van der Waals surface area (Å²) in [5, 5.41) is 1.88. The molecule has 2 heterocycles. The normalized spacial score (nSPS) is 25.9. The molecule has 2 N–H and O–H groups in total. The van der Waals surface area contributed by atoms with Gasteiger partial charge in [-0.25, -0.2) is 5.01 Å². The molecular formula is C16H33N5O2. The Bertz CT molecular complexity index is 371.